The number of fused-ring (bicyclic) bond motifs is 1. The van der Waals surface area contributed by atoms with E-state index in [0.29, 0.717) is 24.2 Å². The molecule has 3 aromatic rings. The van der Waals surface area contributed by atoms with Gasteiger partial charge in [0.05, 0.1) is 10.4 Å². The topological polar surface area (TPSA) is 106 Å². The Balaban J connectivity index is 1.52. The summed E-state index contributed by atoms with van der Waals surface area (Å²) in [6.45, 7) is 0.970. The molecule has 0 spiro atoms. The molecule has 4 rings (SSSR count). The van der Waals surface area contributed by atoms with Gasteiger partial charge >= 0.3 is 5.76 Å². The van der Waals surface area contributed by atoms with Crippen LogP contribution in [0.4, 0.5) is 0 Å². The van der Waals surface area contributed by atoms with Crippen LogP contribution < -0.4 is 5.76 Å². The molecule has 0 atom stereocenters. The molecule has 1 saturated heterocycles. The molecule has 1 aliphatic rings. The van der Waals surface area contributed by atoms with E-state index in [1.54, 1.807) is 42.5 Å². The number of carbonyl (C=O) groups excluding carboxylic acids is 1. The molecule has 3 heterocycles. The average molecular weight is 402 g/mol. The van der Waals surface area contributed by atoms with Gasteiger partial charge in [-0.2, -0.15) is 4.31 Å². The Labute approximate surface area is 160 Å². The molecule has 28 heavy (non-hydrogen) atoms. The molecule has 0 aliphatic carbocycles. The van der Waals surface area contributed by atoms with Crippen LogP contribution in [0.1, 0.15) is 10.4 Å². The van der Waals surface area contributed by atoms with Crippen LogP contribution >= 0.6 is 0 Å². The highest BCUT2D eigenvalue weighted by molar-refractivity contribution is 7.89. The number of sulfonamides is 1. The number of hydrogen-bond acceptors (Lipinski definition) is 6. The number of nitrogens with zero attached hydrogens (tertiary/aromatic N) is 4. The summed E-state index contributed by atoms with van der Waals surface area (Å²) in [5.41, 5.74) is 1.27. The minimum Gasteiger partial charge on any atom is -0.408 e. The summed E-state index contributed by atoms with van der Waals surface area (Å²) in [5, 5.41) is 0. The molecule has 0 unspecified atom stereocenters. The highest BCUT2D eigenvalue weighted by Crippen LogP contribution is 2.22. The van der Waals surface area contributed by atoms with Crippen LogP contribution in [0, 0.1) is 0 Å². The molecular formula is C18H18N4O5S. The normalized spacial score (nSPS) is 15.8. The van der Waals surface area contributed by atoms with Crippen molar-refractivity contribution in [1.82, 2.24) is 18.8 Å². The van der Waals surface area contributed by atoms with E-state index < -0.39 is 15.8 Å². The maximum atomic E-state index is 13.0. The highest BCUT2D eigenvalue weighted by atomic mass is 32.2. The van der Waals surface area contributed by atoms with Gasteiger partial charge in [0.25, 0.3) is 5.91 Å². The zero-order valence-electron chi connectivity index (χ0n) is 15.1. The minimum absolute atomic E-state index is 0.0586. The number of pyridine rings is 1. The maximum Gasteiger partial charge on any atom is 0.419 e. The zero-order chi connectivity index (χ0) is 19.9. The van der Waals surface area contributed by atoms with Crippen molar-refractivity contribution in [2.24, 2.45) is 7.05 Å². The van der Waals surface area contributed by atoms with Gasteiger partial charge in [-0.15, -0.1) is 0 Å². The summed E-state index contributed by atoms with van der Waals surface area (Å²) in [6, 6.07) is 7.64. The summed E-state index contributed by atoms with van der Waals surface area (Å²) >= 11 is 0. The van der Waals surface area contributed by atoms with Crippen LogP contribution in [0.15, 0.2) is 56.8 Å². The van der Waals surface area contributed by atoms with Gasteiger partial charge in [-0.25, -0.2) is 13.2 Å². The fourth-order valence-corrected chi connectivity index (χ4v) is 4.67. The number of rotatable bonds is 3. The second-order valence-electron chi connectivity index (χ2n) is 6.49. The molecule has 2 aromatic heterocycles. The van der Waals surface area contributed by atoms with Crippen LogP contribution in [0.3, 0.4) is 0 Å². The van der Waals surface area contributed by atoms with Crippen LogP contribution in [0.2, 0.25) is 0 Å². The van der Waals surface area contributed by atoms with Crippen molar-refractivity contribution in [2.45, 2.75) is 4.90 Å². The minimum atomic E-state index is -3.76. The van der Waals surface area contributed by atoms with Crippen molar-refractivity contribution >= 4 is 27.0 Å². The van der Waals surface area contributed by atoms with E-state index in [0.717, 1.165) is 0 Å². The Bertz CT molecular complexity index is 1190. The largest absolute Gasteiger partial charge is 0.419 e. The molecule has 0 saturated carbocycles. The summed E-state index contributed by atoms with van der Waals surface area (Å²) in [5.74, 6) is -0.695. The Kier molecular flexibility index (Phi) is 4.52. The van der Waals surface area contributed by atoms with Crippen molar-refractivity contribution in [1.29, 1.82) is 0 Å². The lowest BCUT2D eigenvalue weighted by Crippen LogP contribution is -2.50. The number of benzene rings is 1. The van der Waals surface area contributed by atoms with Crippen LogP contribution in [0.25, 0.3) is 11.1 Å². The number of piperazine rings is 1. The first-order valence-electron chi connectivity index (χ1n) is 8.67. The van der Waals surface area contributed by atoms with E-state index in [9.17, 15) is 18.0 Å². The Morgan fingerprint density at radius 1 is 1.07 bits per heavy atom. The number of aryl methyl sites for hydroxylation is 1. The highest BCUT2D eigenvalue weighted by Gasteiger charge is 2.31. The first kappa shape index (κ1) is 18.4. The molecular weight excluding hydrogens is 384 g/mol. The van der Waals surface area contributed by atoms with E-state index in [1.807, 2.05) is 0 Å². The lowest BCUT2D eigenvalue weighted by atomic mass is 10.2. The molecule has 1 amide bonds. The lowest BCUT2D eigenvalue weighted by Gasteiger charge is -2.34. The van der Waals surface area contributed by atoms with Crippen molar-refractivity contribution in [2.75, 3.05) is 26.2 Å². The molecule has 0 bridgehead atoms. The molecule has 1 aromatic carbocycles. The predicted molar refractivity (Wildman–Crippen MR) is 100 cm³/mol. The summed E-state index contributed by atoms with van der Waals surface area (Å²) < 4.78 is 33.7. The van der Waals surface area contributed by atoms with E-state index in [-0.39, 0.29) is 29.5 Å². The second-order valence-corrected chi connectivity index (χ2v) is 8.43. The summed E-state index contributed by atoms with van der Waals surface area (Å²) in [7, 11) is -2.20. The Morgan fingerprint density at radius 2 is 1.75 bits per heavy atom. The fourth-order valence-electron chi connectivity index (χ4n) is 3.23. The number of amides is 1. The molecule has 1 fully saturated rings. The van der Waals surface area contributed by atoms with E-state index in [1.165, 1.54) is 21.0 Å². The fraction of sp³-hybridized carbons (Fsp3) is 0.278. The summed E-state index contributed by atoms with van der Waals surface area (Å²) in [6.07, 6.45) is 3.10. The van der Waals surface area contributed by atoms with Crippen molar-refractivity contribution in [3.63, 3.8) is 0 Å². The number of carbonyl (C=O) groups is 1. The van der Waals surface area contributed by atoms with Gasteiger partial charge in [0.15, 0.2) is 5.58 Å². The molecule has 146 valence electrons. The van der Waals surface area contributed by atoms with Crippen LogP contribution in [0.5, 0.6) is 0 Å². The molecule has 9 nitrogen and oxygen atoms in total. The number of aromatic nitrogens is 2. The standard InChI is InChI=1S/C18H18N4O5S/c1-20-15-3-2-14(12-16(15)27-18(20)24)28(25,26)22-10-8-21(9-11-22)17(23)13-4-6-19-7-5-13/h2-7,12H,8-11H2,1H3. The van der Waals surface area contributed by atoms with Crippen LogP contribution in [-0.2, 0) is 17.1 Å². The number of oxazole rings is 1. The first-order chi connectivity index (χ1) is 13.4. The van der Waals surface area contributed by atoms with Gasteiger partial charge in [0, 0.05) is 57.3 Å². The smallest absolute Gasteiger partial charge is 0.408 e. The van der Waals surface area contributed by atoms with Gasteiger partial charge in [0.2, 0.25) is 10.0 Å². The Morgan fingerprint density at radius 3 is 2.43 bits per heavy atom. The maximum absolute atomic E-state index is 13.0. The molecule has 10 heteroatoms. The van der Waals surface area contributed by atoms with E-state index >= 15 is 0 Å². The first-order valence-corrected chi connectivity index (χ1v) is 10.1. The van der Waals surface area contributed by atoms with E-state index in [2.05, 4.69) is 4.98 Å². The molecule has 0 radical (unpaired) electrons. The second kappa shape index (κ2) is 6.88. The quantitative estimate of drug-likeness (QED) is 0.638. The van der Waals surface area contributed by atoms with Gasteiger partial charge in [-0.3, -0.25) is 14.3 Å². The average Bonchev–Trinajstić information content (AvgIpc) is 3.01. The lowest BCUT2D eigenvalue weighted by molar-refractivity contribution is 0.0698. The van der Waals surface area contributed by atoms with Gasteiger partial charge in [-0.05, 0) is 24.3 Å². The van der Waals surface area contributed by atoms with E-state index in [4.69, 9.17) is 4.42 Å². The molecule has 1 aliphatic heterocycles. The molecule has 0 N–H and O–H groups in total. The third-order valence-electron chi connectivity index (χ3n) is 4.85. The third kappa shape index (κ3) is 3.10. The van der Waals surface area contributed by atoms with Crippen molar-refractivity contribution < 1.29 is 17.6 Å². The Hall–Kier alpha value is -2.98. The zero-order valence-corrected chi connectivity index (χ0v) is 15.9. The third-order valence-corrected chi connectivity index (χ3v) is 6.75. The van der Waals surface area contributed by atoms with Crippen LogP contribution in [-0.4, -0.2) is 59.3 Å². The van der Waals surface area contributed by atoms with Gasteiger partial charge in [0.1, 0.15) is 0 Å². The SMILES string of the molecule is Cn1c(=O)oc2cc(S(=O)(=O)N3CCN(C(=O)c4ccncc4)CC3)ccc21. The van der Waals surface area contributed by atoms with Gasteiger partial charge in [-0.1, -0.05) is 0 Å². The number of hydrogen-bond donors (Lipinski definition) is 0. The van der Waals surface area contributed by atoms with Gasteiger partial charge < -0.3 is 9.32 Å². The van der Waals surface area contributed by atoms with Crippen molar-refractivity contribution in [3.05, 3.63) is 58.8 Å². The monoisotopic (exact) mass is 402 g/mol. The predicted octanol–water partition coefficient (Wildman–Crippen LogP) is 0.673. The summed E-state index contributed by atoms with van der Waals surface area (Å²) in [4.78, 5) is 29.7. The van der Waals surface area contributed by atoms with Crippen molar-refractivity contribution in [3.8, 4) is 0 Å².